The molecule has 0 bridgehead atoms. The van der Waals surface area contributed by atoms with Crippen LogP contribution in [0.15, 0.2) is 18.3 Å². The van der Waals surface area contributed by atoms with Gasteiger partial charge in [0.2, 0.25) is 5.95 Å². The SMILES string of the molecule is N#CCCN(c1ccnc(F)c1)C1CC1. The number of halogens is 1. The Labute approximate surface area is 88.2 Å². The molecular formula is C11H12FN3. The summed E-state index contributed by atoms with van der Waals surface area (Å²) in [7, 11) is 0. The molecule has 1 saturated carbocycles. The van der Waals surface area contributed by atoms with Gasteiger partial charge in [0.25, 0.3) is 0 Å². The zero-order chi connectivity index (χ0) is 10.7. The summed E-state index contributed by atoms with van der Waals surface area (Å²) in [5, 5.41) is 8.56. The van der Waals surface area contributed by atoms with E-state index in [9.17, 15) is 4.39 Å². The lowest BCUT2D eigenvalue weighted by Crippen LogP contribution is -2.26. The maximum Gasteiger partial charge on any atom is 0.214 e. The van der Waals surface area contributed by atoms with E-state index in [0.29, 0.717) is 19.0 Å². The number of pyridine rings is 1. The number of aromatic nitrogens is 1. The minimum Gasteiger partial charge on any atom is -0.367 e. The predicted octanol–water partition coefficient (Wildman–Crippen LogP) is 2.10. The number of nitriles is 1. The number of rotatable bonds is 4. The molecule has 0 atom stereocenters. The van der Waals surface area contributed by atoms with Crippen LogP contribution in [0, 0.1) is 17.3 Å². The molecule has 1 aliphatic carbocycles. The zero-order valence-corrected chi connectivity index (χ0v) is 8.36. The van der Waals surface area contributed by atoms with Gasteiger partial charge in [-0.3, -0.25) is 0 Å². The number of hydrogen-bond acceptors (Lipinski definition) is 3. The quantitative estimate of drug-likeness (QED) is 0.707. The van der Waals surface area contributed by atoms with E-state index < -0.39 is 5.95 Å². The Morgan fingerprint density at radius 3 is 3.00 bits per heavy atom. The Bertz CT molecular complexity index is 382. The number of anilines is 1. The smallest absolute Gasteiger partial charge is 0.214 e. The van der Waals surface area contributed by atoms with E-state index >= 15 is 0 Å². The van der Waals surface area contributed by atoms with Crippen molar-refractivity contribution >= 4 is 5.69 Å². The van der Waals surface area contributed by atoms with E-state index in [4.69, 9.17) is 5.26 Å². The van der Waals surface area contributed by atoms with Gasteiger partial charge < -0.3 is 4.90 Å². The largest absolute Gasteiger partial charge is 0.367 e. The summed E-state index contributed by atoms with van der Waals surface area (Å²) in [5.74, 6) is -0.463. The van der Waals surface area contributed by atoms with Crippen molar-refractivity contribution in [2.24, 2.45) is 0 Å². The summed E-state index contributed by atoms with van der Waals surface area (Å²) in [6.45, 7) is 0.671. The first kappa shape index (κ1) is 9.91. The highest BCUT2D eigenvalue weighted by Gasteiger charge is 2.29. The van der Waals surface area contributed by atoms with Crippen LogP contribution in [0.25, 0.3) is 0 Å². The standard InChI is InChI=1S/C11H12FN3/c12-11-8-10(4-6-14-11)15(7-1-5-13)9-2-3-9/h4,6,8-9H,1-3,7H2. The molecule has 0 radical (unpaired) electrons. The third-order valence-electron chi connectivity index (χ3n) is 2.49. The van der Waals surface area contributed by atoms with Gasteiger partial charge in [-0.1, -0.05) is 0 Å². The first-order valence-corrected chi connectivity index (χ1v) is 5.06. The van der Waals surface area contributed by atoms with Crippen LogP contribution in [0.5, 0.6) is 0 Å². The van der Waals surface area contributed by atoms with E-state index in [1.54, 1.807) is 6.07 Å². The average molecular weight is 205 g/mol. The number of nitrogens with zero attached hydrogens (tertiary/aromatic N) is 3. The Balaban J connectivity index is 2.13. The Hall–Kier alpha value is -1.63. The van der Waals surface area contributed by atoms with Crippen molar-refractivity contribution in [3.05, 3.63) is 24.3 Å². The Morgan fingerprint density at radius 1 is 1.60 bits per heavy atom. The van der Waals surface area contributed by atoms with E-state index in [1.807, 2.05) is 0 Å². The van der Waals surface area contributed by atoms with Crippen molar-refractivity contribution in [2.75, 3.05) is 11.4 Å². The molecule has 4 heteroatoms. The topological polar surface area (TPSA) is 39.9 Å². The molecule has 0 amide bonds. The summed E-state index contributed by atoms with van der Waals surface area (Å²) in [5.41, 5.74) is 0.834. The molecule has 2 rings (SSSR count). The van der Waals surface area contributed by atoms with Crippen LogP contribution in [0.1, 0.15) is 19.3 Å². The van der Waals surface area contributed by atoms with E-state index in [1.165, 1.54) is 12.3 Å². The van der Waals surface area contributed by atoms with Crippen molar-refractivity contribution in [2.45, 2.75) is 25.3 Å². The second-order valence-corrected chi connectivity index (χ2v) is 3.67. The van der Waals surface area contributed by atoms with Crippen molar-refractivity contribution in [3.63, 3.8) is 0 Å². The maximum absolute atomic E-state index is 12.9. The maximum atomic E-state index is 12.9. The highest BCUT2D eigenvalue weighted by atomic mass is 19.1. The molecule has 0 spiro atoms. The number of hydrogen-bond donors (Lipinski definition) is 0. The van der Waals surface area contributed by atoms with Crippen molar-refractivity contribution in [1.29, 1.82) is 5.26 Å². The van der Waals surface area contributed by atoms with Crippen LogP contribution >= 0.6 is 0 Å². The molecule has 0 aliphatic heterocycles. The van der Waals surface area contributed by atoms with E-state index in [0.717, 1.165) is 18.5 Å². The van der Waals surface area contributed by atoms with Gasteiger partial charge in [0.15, 0.2) is 0 Å². The molecule has 1 aliphatic rings. The fourth-order valence-electron chi connectivity index (χ4n) is 1.65. The molecule has 0 aromatic carbocycles. The third-order valence-corrected chi connectivity index (χ3v) is 2.49. The van der Waals surface area contributed by atoms with Crippen LogP contribution in [0.3, 0.4) is 0 Å². The first-order chi connectivity index (χ1) is 7.31. The molecule has 78 valence electrons. The molecule has 1 fully saturated rings. The van der Waals surface area contributed by atoms with Crippen molar-refractivity contribution in [1.82, 2.24) is 4.98 Å². The third kappa shape index (κ3) is 2.44. The molecule has 0 unspecified atom stereocenters. The monoisotopic (exact) mass is 205 g/mol. The van der Waals surface area contributed by atoms with Crippen LogP contribution in [0.4, 0.5) is 10.1 Å². The summed E-state index contributed by atoms with van der Waals surface area (Å²) >= 11 is 0. The zero-order valence-electron chi connectivity index (χ0n) is 8.36. The van der Waals surface area contributed by atoms with Gasteiger partial charge in [0.1, 0.15) is 0 Å². The molecule has 1 aromatic rings. The second-order valence-electron chi connectivity index (χ2n) is 3.67. The molecule has 1 heterocycles. The second kappa shape index (κ2) is 4.26. The molecule has 15 heavy (non-hydrogen) atoms. The van der Waals surface area contributed by atoms with Crippen LogP contribution in [-0.2, 0) is 0 Å². The van der Waals surface area contributed by atoms with Gasteiger partial charge >= 0.3 is 0 Å². The van der Waals surface area contributed by atoms with Gasteiger partial charge in [0.05, 0.1) is 12.5 Å². The van der Waals surface area contributed by atoms with Crippen molar-refractivity contribution in [3.8, 4) is 6.07 Å². The van der Waals surface area contributed by atoms with E-state index in [-0.39, 0.29) is 0 Å². The van der Waals surface area contributed by atoms with Gasteiger partial charge in [0, 0.05) is 30.5 Å². The minimum absolute atomic E-state index is 0.463. The lowest BCUT2D eigenvalue weighted by Gasteiger charge is -2.23. The van der Waals surface area contributed by atoms with Crippen LogP contribution in [-0.4, -0.2) is 17.6 Å². The van der Waals surface area contributed by atoms with E-state index in [2.05, 4.69) is 16.0 Å². The Kier molecular flexibility index (Phi) is 2.82. The molecule has 0 saturated heterocycles. The molecule has 3 nitrogen and oxygen atoms in total. The van der Waals surface area contributed by atoms with Gasteiger partial charge in [-0.15, -0.1) is 0 Å². The summed E-state index contributed by atoms with van der Waals surface area (Å²) in [6.07, 6.45) is 4.21. The normalized spacial score (nSPS) is 14.7. The van der Waals surface area contributed by atoms with Gasteiger partial charge in [-0.25, -0.2) is 4.98 Å². The highest BCUT2D eigenvalue weighted by molar-refractivity contribution is 5.47. The van der Waals surface area contributed by atoms with Gasteiger partial charge in [-0.05, 0) is 18.9 Å². The van der Waals surface area contributed by atoms with Crippen LogP contribution < -0.4 is 4.90 Å². The summed E-state index contributed by atoms with van der Waals surface area (Å²) in [4.78, 5) is 5.62. The lowest BCUT2D eigenvalue weighted by atomic mass is 10.3. The molecule has 0 N–H and O–H groups in total. The predicted molar refractivity (Wildman–Crippen MR) is 54.8 cm³/mol. The average Bonchev–Trinajstić information content (AvgIpc) is 3.03. The fraction of sp³-hybridized carbons (Fsp3) is 0.455. The van der Waals surface area contributed by atoms with Gasteiger partial charge in [-0.2, -0.15) is 9.65 Å². The lowest BCUT2D eigenvalue weighted by molar-refractivity contribution is 0.582. The first-order valence-electron chi connectivity index (χ1n) is 5.06. The van der Waals surface area contributed by atoms with Crippen LogP contribution in [0.2, 0.25) is 0 Å². The summed E-state index contributed by atoms with van der Waals surface area (Å²) in [6, 6.07) is 5.82. The van der Waals surface area contributed by atoms with Crippen molar-refractivity contribution < 1.29 is 4.39 Å². The molecule has 1 aromatic heterocycles. The summed E-state index contributed by atoms with van der Waals surface area (Å²) < 4.78 is 12.9. The minimum atomic E-state index is -0.463. The fourth-order valence-corrected chi connectivity index (χ4v) is 1.65. The Morgan fingerprint density at radius 2 is 2.40 bits per heavy atom. The molecular weight excluding hydrogens is 193 g/mol. The highest BCUT2D eigenvalue weighted by Crippen LogP contribution is 2.31.